The number of hydrogen-bond acceptors (Lipinski definition) is 5. The lowest BCUT2D eigenvalue weighted by atomic mass is 10.2. The summed E-state index contributed by atoms with van der Waals surface area (Å²) in [7, 11) is 0. The van der Waals surface area contributed by atoms with Gasteiger partial charge in [-0.2, -0.15) is 0 Å². The van der Waals surface area contributed by atoms with Crippen molar-refractivity contribution in [1.29, 1.82) is 0 Å². The van der Waals surface area contributed by atoms with Gasteiger partial charge >= 0.3 is 5.69 Å². The minimum atomic E-state index is -0.587. The number of benzene rings is 2. The van der Waals surface area contributed by atoms with Gasteiger partial charge in [0.2, 0.25) is 17.6 Å². The second kappa shape index (κ2) is 10.5. The number of fused-ring (bicyclic) bond motifs is 3. The minimum absolute atomic E-state index is 0.00101. The summed E-state index contributed by atoms with van der Waals surface area (Å²) >= 11 is 0. The van der Waals surface area contributed by atoms with Gasteiger partial charge in [-0.05, 0) is 43.2 Å². The van der Waals surface area contributed by atoms with Crippen LogP contribution in [0.15, 0.2) is 58.1 Å². The molecule has 2 amide bonds. The van der Waals surface area contributed by atoms with E-state index in [1.54, 1.807) is 36.4 Å². The fourth-order valence-corrected chi connectivity index (χ4v) is 3.83. The summed E-state index contributed by atoms with van der Waals surface area (Å²) in [6.07, 6.45) is 0.798. The van der Waals surface area contributed by atoms with E-state index in [1.807, 2.05) is 13.8 Å². The summed E-state index contributed by atoms with van der Waals surface area (Å²) < 4.78 is 16.6. The number of amides is 2. The van der Waals surface area contributed by atoms with Gasteiger partial charge in [-0.1, -0.05) is 31.2 Å². The molecule has 0 bridgehead atoms. The zero-order valence-electron chi connectivity index (χ0n) is 20.0. The third-order valence-corrected chi connectivity index (χ3v) is 5.96. The lowest BCUT2D eigenvalue weighted by molar-refractivity contribution is -0.122. The molecule has 4 aromatic rings. The van der Waals surface area contributed by atoms with E-state index >= 15 is 0 Å². The van der Waals surface area contributed by atoms with E-state index in [9.17, 15) is 23.6 Å². The molecule has 0 unspecified atom stereocenters. The van der Waals surface area contributed by atoms with Crippen LogP contribution in [-0.2, 0) is 29.2 Å². The Morgan fingerprint density at radius 3 is 2.50 bits per heavy atom. The number of aromatic nitrogens is 4. The molecule has 2 aromatic heterocycles. The Hall–Kier alpha value is -4.28. The number of rotatable bonds is 9. The van der Waals surface area contributed by atoms with Crippen molar-refractivity contribution in [3.63, 3.8) is 0 Å². The molecule has 4 rings (SSSR count). The third kappa shape index (κ3) is 5.19. The van der Waals surface area contributed by atoms with Crippen molar-refractivity contribution in [3.8, 4) is 0 Å². The number of nitrogens with one attached hydrogen (secondary N) is 2. The molecule has 36 heavy (non-hydrogen) atoms. The van der Waals surface area contributed by atoms with Gasteiger partial charge < -0.3 is 10.6 Å². The summed E-state index contributed by atoms with van der Waals surface area (Å²) in [6.45, 7) is 3.64. The molecular weight excluding hydrogens is 467 g/mol. The predicted octanol–water partition coefficient (Wildman–Crippen LogP) is 1.57. The Kier molecular flexibility index (Phi) is 7.28. The number of para-hydroxylation sites is 1. The highest BCUT2D eigenvalue weighted by molar-refractivity contribution is 5.80. The van der Waals surface area contributed by atoms with Crippen molar-refractivity contribution in [3.05, 3.63) is 80.7 Å². The predicted molar refractivity (Wildman–Crippen MR) is 132 cm³/mol. The molecule has 0 saturated heterocycles. The van der Waals surface area contributed by atoms with Gasteiger partial charge in [0.1, 0.15) is 12.4 Å². The second-order valence-electron chi connectivity index (χ2n) is 8.58. The molecule has 10 nitrogen and oxygen atoms in total. The summed E-state index contributed by atoms with van der Waals surface area (Å²) in [4.78, 5) is 51.3. The fourth-order valence-electron chi connectivity index (χ4n) is 3.83. The van der Waals surface area contributed by atoms with Crippen LogP contribution in [0.2, 0.25) is 0 Å². The number of carbonyl (C=O) groups excluding carboxylic acids is 2. The van der Waals surface area contributed by atoms with Crippen molar-refractivity contribution in [2.45, 2.75) is 52.4 Å². The van der Waals surface area contributed by atoms with Gasteiger partial charge in [0.05, 0.1) is 10.9 Å². The van der Waals surface area contributed by atoms with E-state index in [4.69, 9.17) is 0 Å². The molecule has 0 radical (unpaired) electrons. The van der Waals surface area contributed by atoms with Gasteiger partial charge in [0.15, 0.2) is 0 Å². The Morgan fingerprint density at radius 1 is 1.06 bits per heavy atom. The van der Waals surface area contributed by atoms with Gasteiger partial charge in [-0.3, -0.25) is 19.0 Å². The van der Waals surface area contributed by atoms with Crippen LogP contribution in [0.25, 0.3) is 16.7 Å². The minimum Gasteiger partial charge on any atom is -0.354 e. The number of nitrogens with zero attached hydrogens (tertiary/aromatic N) is 4. The van der Waals surface area contributed by atoms with Gasteiger partial charge in [-0.25, -0.2) is 18.3 Å². The molecule has 0 aliphatic rings. The zero-order chi connectivity index (χ0) is 25.8. The van der Waals surface area contributed by atoms with Crippen molar-refractivity contribution >= 4 is 28.5 Å². The normalized spacial score (nSPS) is 12.1. The topological polar surface area (TPSA) is 120 Å². The number of hydrogen-bond donors (Lipinski definition) is 2. The lowest BCUT2D eigenvalue weighted by Crippen LogP contribution is -2.34. The number of aryl methyl sites for hydroxylation is 1. The highest BCUT2D eigenvalue weighted by Crippen LogP contribution is 2.11. The first-order chi connectivity index (χ1) is 17.3. The largest absolute Gasteiger partial charge is 0.354 e. The van der Waals surface area contributed by atoms with Crippen LogP contribution in [0.3, 0.4) is 0 Å². The molecule has 0 spiro atoms. The van der Waals surface area contributed by atoms with E-state index in [2.05, 4.69) is 15.7 Å². The molecule has 0 aliphatic carbocycles. The number of carbonyl (C=O) groups is 2. The van der Waals surface area contributed by atoms with Crippen molar-refractivity contribution < 1.29 is 14.0 Å². The standard InChI is InChI=1S/C25H27FN6O4/c1-3-16(2)28-21(33)12-13-30-23(35)19-6-4-5-7-20(19)32-24(30)29-31(25(32)36)15-22(34)27-14-17-8-10-18(26)11-9-17/h4-11,16H,3,12-15H2,1-2H3,(H,27,34)(H,28,33)/t16-/m0/s1. The molecule has 11 heteroatoms. The summed E-state index contributed by atoms with van der Waals surface area (Å²) in [6, 6.07) is 12.3. The van der Waals surface area contributed by atoms with Crippen LogP contribution in [0, 0.1) is 5.82 Å². The molecule has 0 saturated carbocycles. The maximum atomic E-state index is 13.2. The van der Waals surface area contributed by atoms with Crippen LogP contribution in [-0.4, -0.2) is 36.6 Å². The van der Waals surface area contributed by atoms with Gasteiger partial charge in [-0.15, -0.1) is 5.10 Å². The zero-order valence-corrected chi connectivity index (χ0v) is 20.0. The quantitative estimate of drug-likeness (QED) is 0.366. The fraction of sp³-hybridized carbons (Fsp3) is 0.320. The van der Waals surface area contributed by atoms with Crippen molar-refractivity contribution in [1.82, 2.24) is 29.4 Å². The molecule has 0 fully saturated rings. The Bertz CT molecular complexity index is 1540. The van der Waals surface area contributed by atoms with Crippen LogP contribution < -0.4 is 21.9 Å². The van der Waals surface area contributed by atoms with Crippen LogP contribution in [0.4, 0.5) is 4.39 Å². The first-order valence-electron chi connectivity index (χ1n) is 11.7. The van der Waals surface area contributed by atoms with Gasteiger partial charge in [0.25, 0.3) is 5.56 Å². The highest BCUT2D eigenvalue weighted by atomic mass is 19.1. The Morgan fingerprint density at radius 2 is 1.78 bits per heavy atom. The molecule has 1 atom stereocenters. The van der Waals surface area contributed by atoms with Crippen LogP contribution >= 0.6 is 0 Å². The number of halogens is 1. The monoisotopic (exact) mass is 494 g/mol. The van der Waals surface area contributed by atoms with Gasteiger partial charge in [0, 0.05) is 25.6 Å². The molecule has 188 valence electrons. The average Bonchev–Trinajstić information content (AvgIpc) is 3.19. The van der Waals surface area contributed by atoms with E-state index < -0.39 is 11.6 Å². The molecule has 2 aromatic carbocycles. The summed E-state index contributed by atoms with van der Waals surface area (Å²) in [5, 5.41) is 10.1. The van der Waals surface area contributed by atoms with Crippen LogP contribution in [0.5, 0.6) is 0 Å². The highest BCUT2D eigenvalue weighted by Gasteiger charge is 2.19. The average molecular weight is 495 g/mol. The molecule has 2 N–H and O–H groups in total. The van der Waals surface area contributed by atoms with Crippen molar-refractivity contribution in [2.75, 3.05) is 0 Å². The molecular formula is C25H27FN6O4. The van der Waals surface area contributed by atoms with E-state index in [0.29, 0.717) is 16.5 Å². The van der Waals surface area contributed by atoms with E-state index in [1.165, 1.54) is 21.1 Å². The van der Waals surface area contributed by atoms with E-state index in [-0.39, 0.29) is 55.2 Å². The molecule has 0 aliphatic heterocycles. The second-order valence-corrected chi connectivity index (χ2v) is 8.58. The summed E-state index contributed by atoms with van der Waals surface area (Å²) in [5.41, 5.74) is 0.0895. The molecule has 2 heterocycles. The van der Waals surface area contributed by atoms with Crippen LogP contribution in [0.1, 0.15) is 32.3 Å². The Labute approximate surface area is 205 Å². The maximum Gasteiger partial charge on any atom is 0.352 e. The van der Waals surface area contributed by atoms with Crippen molar-refractivity contribution in [2.24, 2.45) is 0 Å². The third-order valence-electron chi connectivity index (χ3n) is 5.96. The first-order valence-corrected chi connectivity index (χ1v) is 11.7. The first kappa shape index (κ1) is 24.8. The summed E-state index contributed by atoms with van der Waals surface area (Å²) in [5.74, 6) is -1.02. The maximum absolute atomic E-state index is 13.2. The SMILES string of the molecule is CC[C@H](C)NC(=O)CCn1c(=O)c2ccccc2n2c(=O)n(CC(=O)NCc3ccc(F)cc3)nc12. The smallest absolute Gasteiger partial charge is 0.352 e. The van der Waals surface area contributed by atoms with E-state index in [0.717, 1.165) is 11.1 Å². The Balaban J connectivity index is 1.64. The lowest BCUT2D eigenvalue weighted by Gasteiger charge is -2.12.